The molecule has 3 nitrogen and oxygen atoms in total. The van der Waals surface area contributed by atoms with Crippen molar-refractivity contribution < 1.29 is 18.6 Å². The Morgan fingerprint density at radius 2 is 2.12 bits per heavy atom. The number of benzene rings is 1. The molecular weight excluding hydrogens is 279 g/mol. The van der Waals surface area contributed by atoms with Crippen LogP contribution in [0.1, 0.15) is 0 Å². The first kappa shape index (κ1) is 11.8. The lowest BCUT2D eigenvalue weighted by Crippen LogP contribution is -2.31. The van der Waals surface area contributed by atoms with Gasteiger partial charge in [0, 0.05) is 13.2 Å². The smallest absolute Gasteiger partial charge is 0.150 e. The normalized spacial score (nSPS) is 24.7. The maximum atomic E-state index is 13.2. The molecule has 1 heterocycles. The molecule has 1 saturated heterocycles. The van der Waals surface area contributed by atoms with Crippen molar-refractivity contribution in [1.29, 1.82) is 0 Å². The Hall–Kier alpha value is -0.650. The summed E-state index contributed by atoms with van der Waals surface area (Å²) in [5, 5.41) is 0. The quantitative estimate of drug-likeness (QED) is 0.855. The van der Waals surface area contributed by atoms with Crippen LogP contribution in [0.3, 0.4) is 0 Å². The fourth-order valence-corrected chi connectivity index (χ4v) is 1.82. The molecule has 0 aliphatic carbocycles. The minimum Gasteiger partial charge on any atom is -0.485 e. The van der Waals surface area contributed by atoms with Gasteiger partial charge in [-0.25, -0.2) is 4.39 Å². The highest BCUT2D eigenvalue weighted by Crippen LogP contribution is 2.23. The predicted molar refractivity (Wildman–Crippen MR) is 60.1 cm³/mol. The van der Waals surface area contributed by atoms with E-state index in [2.05, 4.69) is 15.9 Å². The number of ether oxygens (including phenoxy) is 3. The highest BCUT2D eigenvalue weighted by Gasteiger charge is 2.30. The number of halogens is 2. The highest BCUT2D eigenvalue weighted by atomic mass is 79.9. The van der Waals surface area contributed by atoms with Gasteiger partial charge in [-0.3, -0.25) is 0 Å². The summed E-state index contributed by atoms with van der Waals surface area (Å²) in [5.41, 5.74) is 0. The molecule has 0 N–H and O–H groups in total. The minimum absolute atomic E-state index is 0.0910. The van der Waals surface area contributed by atoms with Gasteiger partial charge in [-0.2, -0.15) is 0 Å². The molecule has 0 spiro atoms. The van der Waals surface area contributed by atoms with Crippen molar-refractivity contribution in [3.05, 3.63) is 28.5 Å². The Kier molecular flexibility index (Phi) is 3.78. The number of hydrogen-bond acceptors (Lipinski definition) is 3. The molecule has 88 valence electrons. The molecule has 2 rings (SSSR count). The van der Waals surface area contributed by atoms with E-state index in [0.717, 1.165) is 0 Å². The minimum atomic E-state index is -0.342. The van der Waals surface area contributed by atoms with E-state index < -0.39 is 0 Å². The van der Waals surface area contributed by atoms with Gasteiger partial charge >= 0.3 is 0 Å². The molecule has 1 aliphatic heterocycles. The molecule has 0 amide bonds. The lowest BCUT2D eigenvalue weighted by molar-refractivity contribution is 0.0325. The molecule has 0 bridgehead atoms. The summed E-state index contributed by atoms with van der Waals surface area (Å²) in [7, 11) is 1.61. The summed E-state index contributed by atoms with van der Waals surface area (Å²) in [6.45, 7) is 0.983. The van der Waals surface area contributed by atoms with Crippen LogP contribution in [-0.4, -0.2) is 32.5 Å². The summed E-state index contributed by atoms with van der Waals surface area (Å²) >= 11 is 3.09. The first-order valence-electron chi connectivity index (χ1n) is 4.93. The van der Waals surface area contributed by atoms with E-state index in [1.807, 2.05) is 0 Å². The van der Waals surface area contributed by atoms with E-state index in [4.69, 9.17) is 14.2 Å². The average Bonchev–Trinajstić information content (AvgIpc) is 2.71. The van der Waals surface area contributed by atoms with Crippen molar-refractivity contribution in [2.75, 3.05) is 20.3 Å². The first-order valence-corrected chi connectivity index (χ1v) is 5.72. The molecule has 1 unspecified atom stereocenters. The van der Waals surface area contributed by atoms with Crippen molar-refractivity contribution in [1.82, 2.24) is 0 Å². The molecule has 1 aromatic rings. The van der Waals surface area contributed by atoms with E-state index in [-0.39, 0.29) is 18.0 Å². The van der Waals surface area contributed by atoms with Gasteiger partial charge < -0.3 is 14.2 Å². The van der Waals surface area contributed by atoms with Crippen LogP contribution in [0.25, 0.3) is 0 Å². The highest BCUT2D eigenvalue weighted by molar-refractivity contribution is 9.10. The lowest BCUT2D eigenvalue weighted by Gasteiger charge is -2.18. The second-order valence-corrected chi connectivity index (χ2v) is 4.40. The van der Waals surface area contributed by atoms with E-state index in [0.29, 0.717) is 23.4 Å². The fraction of sp³-hybridized carbons (Fsp3) is 0.455. The van der Waals surface area contributed by atoms with Crippen LogP contribution in [0.2, 0.25) is 0 Å². The van der Waals surface area contributed by atoms with Crippen LogP contribution in [0, 0.1) is 5.82 Å². The zero-order valence-electron chi connectivity index (χ0n) is 8.78. The van der Waals surface area contributed by atoms with E-state index in [1.54, 1.807) is 19.2 Å². The van der Waals surface area contributed by atoms with Crippen LogP contribution < -0.4 is 4.74 Å². The fourth-order valence-electron chi connectivity index (χ4n) is 1.57. The van der Waals surface area contributed by atoms with Gasteiger partial charge in [0.05, 0.1) is 17.7 Å². The third kappa shape index (κ3) is 2.53. The van der Waals surface area contributed by atoms with Crippen LogP contribution in [-0.2, 0) is 9.47 Å². The molecule has 1 aromatic carbocycles. The molecule has 5 heteroatoms. The van der Waals surface area contributed by atoms with Crippen LogP contribution in [0.15, 0.2) is 22.7 Å². The number of hydrogen-bond donors (Lipinski definition) is 0. The van der Waals surface area contributed by atoms with E-state index in [1.165, 1.54) is 6.07 Å². The first-order chi connectivity index (χ1) is 7.70. The Balaban J connectivity index is 2.05. The molecule has 1 aliphatic rings. The molecule has 0 saturated carbocycles. The Labute approximate surface area is 102 Å². The van der Waals surface area contributed by atoms with Crippen molar-refractivity contribution >= 4 is 15.9 Å². The monoisotopic (exact) mass is 290 g/mol. The molecule has 2 atom stereocenters. The van der Waals surface area contributed by atoms with Crippen molar-refractivity contribution in [2.45, 2.75) is 12.2 Å². The van der Waals surface area contributed by atoms with Crippen molar-refractivity contribution in [2.24, 2.45) is 0 Å². The molecule has 16 heavy (non-hydrogen) atoms. The summed E-state index contributed by atoms with van der Waals surface area (Å²) < 4.78 is 29.7. The standard InChI is InChI=1S/C11H12BrFO3/c1-14-10-5-15-6-11(10)16-7-2-3-8(12)9(13)4-7/h2-4,10-11H,5-6H2,1H3/t10?,11-/m0/s1. The Morgan fingerprint density at radius 3 is 2.81 bits per heavy atom. The van der Waals surface area contributed by atoms with Crippen molar-refractivity contribution in [3.63, 3.8) is 0 Å². The van der Waals surface area contributed by atoms with E-state index in [9.17, 15) is 4.39 Å². The zero-order chi connectivity index (χ0) is 11.5. The number of methoxy groups -OCH3 is 1. The lowest BCUT2D eigenvalue weighted by atomic mass is 10.2. The Morgan fingerprint density at radius 1 is 1.38 bits per heavy atom. The molecule has 0 aromatic heterocycles. The van der Waals surface area contributed by atoms with Gasteiger partial charge in [-0.1, -0.05) is 0 Å². The molecular formula is C11H12BrFO3. The third-order valence-corrected chi connectivity index (χ3v) is 3.10. The van der Waals surface area contributed by atoms with Crippen LogP contribution in [0.4, 0.5) is 4.39 Å². The second-order valence-electron chi connectivity index (χ2n) is 3.54. The summed E-state index contributed by atoms with van der Waals surface area (Å²) in [4.78, 5) is 0. The van der Waals surface area contributed by atoms with Gasteiger partial charge in [0.25, 0.3) is 0 Å². The van der Waals surface area contributed by atoms with Gasteiger partial charge in [0.15, 0.2) is 6.10 Å². The van der Waals surface area contributed by atoms with Gasteiger partial charge in [0.1, 0.15) is 17.7 Å². The zero-order valence-corrected chi connectivity index (χ0v) is 10.4. The topological polar surface area (TPSA) is 27.7 Å². The van der Waals surface area contributed by atoms with Crippen LogP contribution in [0.5, 0.6) is 5.75 Å². The predicted octanol–water partition coefficient (Wildman–Crippen LogP) is 2.38. The van der Waals surface area contributed by atoms with Gasteiger partial charge in [-0.15, -0.1) is 0 Å². The molecule has 1 fully saturated rings. The Bertz CT molecular complexity index is 372. The van der Waals surface area contributed by atoms with Gasteiger partial charge in [0.2, 0.25) is 0 Å². The second kappa shape index (κ2) is 5.12. The van der Waals surface area contributed by atoms with Crippen molar-refractivity contribution in [3.8, 4) is 5.75 Å². The van der Waals surface area contributed by atoms with Gasteiger partial charge in [-0.05, 0) is 28.1 Å². The van der Waals surface area contributed by atoms with E-state index >= 15 is 0 Å². The number of rotatable bonds is 3. The maximum absolute atomic E-state index is 13.2. The van der Waals surface area contributed by atoms with Crippen LogP contribution >= 0.6 is 15.9 Å². The third-order valence-electron chi connectivity index (χ3n) is 2.46. The molecule has 0 radical (unpaired) electrons. The SMILES string of the molecule is COC1COC[C@@H]1Oc1ccc(Br)c(F)c1. The summed E-state index contributed by atoms with van der Waals surface area (Å²) in [6.07, 6.45) is -0.266. The largest absolute Gasteiger partial charge is 0.485 e. The summed E-state index contributed by atoms with van der Waals surface area (Å²) in [6, 6.07) is 4.66. The maximum Gasteiger partial charge on any atom is 0.150 e. The summed E-state index contributed by atoms with van der Waals surface area (Å²) in [5.74, 6) is 0.142. The average molecular weight is 291 g/mol.